The number of carbonyl (C=O) groups is 1. The number of nitrogens with one attached hydrogen (secondary N) is 1. The zero-order valence-corrected chi connectivity index (χ0v) is 11.8. The molecule has 0 saturated heterocycles. The molecule has 1 rings (SSSR count). The molecule has 94 valence electrons. The van der Waals surface area contributed by atoms with Crippen molar-refractivity contribution in [3.05, 3.63) is 34.6 Å². The van der Waals surface area contributed by atoms with Crippen molar-refractivity contribution in [2.45, 2.75) is 24.6 Å². The summed E-state index contributed by atoms with van der Waals surface area (Å²) in [6.45, 7) is 2.60. The minimum absolute atomic E-state index is 0.129. The van der Waals surface area contributed by atoms with Gasteiger partial charge in [0, 0.05) is 11.4 Å². The van der Waals surface area contributed by atoms with Crippen LogP contribution in [0.1, 0.15) is 30.1 Å². The molecule has 1 atom stereocenters. The standard InChI is InChI=1S/C12H14BrClFNO/c1-2-3-8(13)7-16-12(17)10-5-4-9(15)6-11(10)14/h4-6,8H,2-3,7H2,1H3,(H,16,17). The van der Waals surface area contributed by atoms with Crippen molar-refractivity contribution in [3.8, 4) is 0 Å². The van der Waals surface area contributed by atoms with Crippen LogP contribution in [0, 0.1) is 5.82 Å². The predicted molar refractivity (Wildman–Crippen MR) is 71.4 cm³/mol. The molecule has 1 unspecified atom stereocenters. The van der Waals surface area contributed by atoms with E-state index in [-0.39, 0.29) is 15.8 Å². The molecule has 5 heteroatoms. The Hall–Kier alpha value is -0.610. The van der Waals surface area contributed by atoms with Gasteiger partial charge in [-0.05, 0) is 24.6 Å². The average Bonchev–Trinajstić information content (AvgIpc) is 2.26. The molecule has 1 amide bonds. The van der Waals surface area contributed by atoms with E-state index in [1.165, 1.54) is 12.1 Å². The molecule has 0 saturated carbocycles. The molecule has 0 fully saturated rings. The summed E-state index contributed by atoms with van der Waals surface area (Å²) < 4.78 is 12.8. The molecule has 2 nitrogen and oxygen atoms in total. The van der Waals surface area contributed by atoms with Gasteiger partial charge in [-0.1, -0.05) is 40.9 Å². The zero-order valence-electron chi connectivity index (χ0n) is 9.47. The first-order valence-corrected chi connectivity index (χ1v) is 6.71. The van der Waals surface area contributed by atoms with Gasteiger partial charge in [-0.3, -0.25) is 4.79 Å². The molecule has 1 aromatic carbocycles. The van der Waals surface area contributed by atoms with E-state index >= 15 is 0 Å². The second-order valence-corrected chi connectivity index (χ2v) is 5.42. The van der Waals surface area contributed by atoms with Crippen LogP contribution in [0.4, 0.5) is 4.39 Å². The van der Waals surface area contributed by atoms with E-state index in [9.17, 15) is 9.18 Å². The Morgan fingerprint density at radius 1 is 1.59 bits per heavy atom. The normalized spacial score (nSPS) is 12.2. The lowest BCUT2D eigenvalue weighted by atomic mass is 10.2. The highest BCUT2D eigenvalue weighted by molar-refractivity contribution is 9.09. The number of hydrogen-bond acceptors (Lipinski definition) is 1. The molecule has 0 aromatic heterocycles. The number of halogens is 3. The van der Waals surface area contributed by atoms with Crippen LogP contribution < -0.4 is 5.32 Å². The molecule has 0 spiro atoms. The summed E-state index contributed by atoms with van der Waals surface area (Å²) in [5.74, 6) is -0.730. The fraction of sp³-hybridized carbons (Fsp3) is 0.417. The highest BCUT2D eigenvalue weighted by Gasteiger charge is 2.12. The predicted octanol–water partition coefficient (Wildman–Crippen LogP) is 3.77. The zero-order chi connectivity index (χ0) is 12.8. The van der Waals surface area contributed by atoms with E-state index in [4.69, 9.17) is 11.6 Å². The van der Waals surface area contributed by atoms with Crippen molar-refractivity contribution in [2.24, 2.45) is 0 Å². The maximum atomic E-state index is 12.8. The Morgan fingerprint density at radius 3 is 2.88 bits per heavy atom. The molecule has 0 aliphatic carbocycles. The van der Waals surface area contributed by atoms with Crippen molar-refractivity contribution in [2.75, 3.05) is 6.54 Å². The van der Waals surface area contributed by atoms with Crippen LogP contribution in [0.25, 0.3) is 0 Å². The molecule has 0 aliphatic heterocycles. The number of benzene rings is 1. The van der Waals surface area contributed by atoms with Gasteiger partial charge in [0.05, 0.1) is 10.6 Å². The van der Waals surface area contributed by atoms with Crippen LogP contribution in [-0.4, -0.2) is 17.3 Å². The molecule has 0 aliphatic rings. The molecular formula is C12H14BrClFNO. The van der Waals surface area contributed by atoms with Gasteiger partial charge in [0.2, 0.25) is 0 Å². The van der Waals surface area contributed by atoms with Gasteiger partial charge in [0.1, 0.15) is 5.82 Å². The molecule has 0 radical (unpaired) electrons. The minimum Gasteiger partial charge on any atom is -0.351 e. The third kappa shape index (κ3) is 4.64. The van der Waals surface area contributed by atoms with E-state index < -0.39 is 5.82 Å². The highest BCUT2D eigenvalue weighted by atomic mass is 79.9. The lowest BCUT2D eigenvalue weighted by Gasteiger charge is -2.10. The Bertz CT molecular complexity index is 400. The van der Waals surface area contributed by atoms with E-state index in [0.717, 1.165) is 18.9 Å². The fourth-order valence-corrected chi connectivity index (χ4v) is 2.26. The average molecular weight is 323 g/mol. The summed E-state index contributed by atoms with van der Waals surface area (Å²) >= 11 is 9.25. The van der Waals surface area contributed by atoms with Crippen molar-refractivity contribution in [1.82, 2.24) is 5.32 Å². The van der Waals surface area contributed by atoms with E-state index in [1.54, 1.807) is 0 Å². The molecule has 0 heterocycles. The number of hydrogen-bond donors (Lipinski definition) is 1. The third-order valence-corrected chi connectivity index (χ3v) is 3.36. The maximum Gasteiger partial charge on any atom is 0.252 e. The summed E-state index contributed by atoms with van der Waals surface area (Å²) in [6.07, 6.45) is 2.03. The second-order valence-electron chi connectivity index (χ2n) is 3.72. The summed E-state index contributed by atoms with van der Waals surface area (Å²) in [5, 5.41) is 2.88. The Labute approximate surface area is 114 Å². The number of rotatable bonds is 5. The van der Waals surface area contributed by atoms with Gasteiger partial charge in [0.15, 0.2) is 0 Å². The largest absolute Gasteiger partial charge is 0.351 e. The maximum absolute atomic E-state index is 12.8. The van der Waals surface area contributed by atoms with Crippen molar-refractivity contribution >= 4 is 33.4 Å². The van der Waals surface area contributed by atoms with E-state index in [1.807, 2.05) is 0 Å². The van der Waals surface area contributed by atoms with Gasteiger partial charge >= 0.3 is 0 Å². The van der Waals surface area contributed by atoms with Crippen LogP contribution >= 0.6 is 27.5 Å². The van der Waals surface area contributed by atoms with Crippen LogP contribution in [-0.2, 0) is 0 Å². The quantitative estimate of drug-likeness (QED) is 0.821. The number of amides is 1. The molecular weight excluding hydrogens is 308 g/mol. The lowest BCUT2D eigenvalue weighted by Crippen LogP contribution is -2.29. The van der Waals surface area contributed by atoms with Gasteiger partial charge < -0.3 is 5.32 Å². The Kier molecular flexibility index (Phi) is 5.92. The molecule has 1 aromatic rings. The number of carbonyl (C=O) groups excluding carboxylic acids is 1. The fourth-order valence-electron chi connectivity index (χ4n) is 1.39. The Morgan fingerprint density at radius 2 is 2.29 bits per heavy atom. The summed E-state index contributed by atoms with van der Waals surface area (Å²) in [6, 6.07) is 3.74. The third-order valence-electron chi connectivity index (χ3n) is 2.26. The molecule has 0 bridgehead atoms. The van der Waals surface area contributed by atoms with Gasteiger partial charge in [-0.25, -0.2) is 4.39 Å². The lowest BCUT2D eigenvalue weighted by molar-refractivity contribution is 0.0954. The Balaban J connectivity index is 2.58. The monoisotopic (exact) mass is 321 g/mol. The number of alkyl halides is 1. The van der Waals surface area contributed by atoms with Crippen molar-refractivity contribution in [3.63, 3.8) is 0 Å². The SMILES string of the molecule is CCCC(Br)CNC(=O)c1ccc(F)cc1Cl. The molecule has 17 heavy (non-hydrogen) atoms. The first-order chi connectivity index (χ1) is 8.04. The van der Waals surface area contributed by atoms with Crippen molar-refractivity contribution < 1.29 is 9.18 Å². The van der Waals surface area contributed by atoms with Crippen LogP contribution in [0.5, 0.6) is 0 Å². The van der Waals surface area contributed by atoms with Crippen molar-refractivity contribution in [1.29, 1.82) is 0 Å². The van der Waals surface area contributed by atoms with Gasteiger partial charge in [-0.15, -0.1) is 0 Å². The summed E-state index contributed by atoms with van der Waals surface area (Å²) in [7, 11) is 0. The summed E-state index contributed by atoms with van der Waals surface area (Å²) in [5.41, 5.74) is 0.296. The topological polar surface area (TPSA) is 29.1 Å². The van der Waals surface area contributed by atoms with E-state index in [2.05, 4.69) is 28.2 Å². The van der Waals surface area contributed by atoms with Gasteiger partial charge in [-0.2, -0.15) is 0 Å². The first kappa shape index (κ1) is 14.5. The van der Waals surface area contributed by atoms with Crippen LogP contribution in [0.15, 0.2) is 18.2 Å². The van der Waals surface area contributed by atoms with Crippen LogP contribution in [0.3, 0.4) is 0 Å². The minimum atomic E-state index is -0.448. The second kappa shape index (κ2) is 6.97. The highest BCUT2D eigenvalue weighted by Crippen LogP contribution is 2.17. The van der Waals surface area contributed by atoms with Gasteiger partial charge in [0.25, 0.3) is 5.91 Å². The van der Waals surface area contributed by atoms with Crippen LogP contribution in [0.2, 0.25) is 5.02 Å². The first-order valence-electron chi connectivity index (χ1n) is 5.42. The molecule has 1 N–H and O–H groups in total. The smallest absolute Gasteiger partial charge is 0.252 e. The van der Waals surface area contributed by atoms with E-state index in [0.29, 0.717) is 12.1 Å². The summed E-state index contributed by atoms with van der Waals surface area (Å²) in [4.78, 5) is 12.0.